The van der Waals surface area contributed by atoms with Gasteiger partial charge in [0.25, 0.3) is 0 Å². The van der Waals surface area contributed by atoms with Gasteiger partial charge in [0.1, 0.15) is 6.10 Å². The fraction of sp³-hybridized carbons (Fsp3) is 0.850. The van der Waals surface area contributed by atoms with Gasteiger partial charge in [0.15, 0.2) is 5.78 Å². The average Bonchev–Trinajstić information content (AvgIpc) is 2.75. The van der Waals surface area contributed by atoms with E-state index in [4.69, 9.17) is 0 Å². The lowest BCUT2D eigenvalue weighted by molar-refractivity contribution is -0.182. The topological polar surface area (TPSA) is 57.5 Å². The van der Waals surface area contributed by atoms with Crippen molar-refractivity contribution in [3.05, 3.63) is 11.6 Å². The van der Waals surface area contributed by atoms with Gasteiger partial charge in [-0.25, -0.2) is 0 Å². The van der Waals surface area contributed by atoms with E-state index in [1.807, 2.05) is 0 Å². The Morgan fingerprint density at radius 3 is 2.61 bits per heavy atom. The summed E-state index contributed by atoms with van der Waals surface area (Å²) < 4.78 is 0. The van der Waals surface area contributed by atoms with Crippen LogP contribution in [-0.2, 0) is 4.79 Å². The van der Waals surface area contributed by atoms with E-state index in [2.05, 4.69) is 26.8 Å². The van der Waals surface area contributed by atoms with Crippen molar-refractivity contribution in [3.8, 4) is 0 Å². The second kappa shape index (κ2) is 4.70. The molecule has 0 aromatic carbocycles. The van der Waals surface area contributed by atoms with E-state index >= 15 is 0 Å². The van der Waals surface area contributed by atoms with Crippen molar-refractivity contribution < 1.29 is 15.0 Å². The molecule has 128 valence electrons. The molecule has 3 saturated carbocycles. The van der Waals surface area contributed by atoms with Crippen molar-refractivity contribution in [3.63, 3.8) is 0 Å². The molecule has 4 aliphatic carbocycles. The number of aliphatic hydroxyl groups is 2. The molecule has 0 aromatic rings. The number of ketones is 1. The third kappa shape index (κ3) is 1.87. The van der Waals surface area contributed by atoms with Crippen LogP contribution in [0.15, 0.2) is 11.6 Å². The van der Waals surface area contributed by atoms with E-state index < -0.39 is 6.10 Å². The molecule has 0 heterocycles. The first-order valence-electron chi connectivity index (χ1n) is 9.28. The number of rotatable bonds is 1. The van der Waals surface area contributed by atoms with Gasteiger partial charge in [0, 0.05) is 11.8 Å². The third-order valence-electron chi connectivity index (χ3n) is 8.26. The molecule has 2 bridgehead atoms. The molecular weight excluding hydrogens is 288 g/mol. The molecule has 6 atom stereocenters. The van der Waals surface area contributed by atoms with Crippen molar-refractivity contribution in [2.24, 2.45) is 34.0 Å². The van der Waals surface area contributed by atoms with Gasteiger partial charge >= 0.3 is 0 Å². The minimum atomic E-state index is -0.807. The monoisotopic (exact) mass is 318 g/mol. The van der Waals surface area contributed by atoms with Crippen LogP contribution < -0.4 is 0 Å². The lowest BCUT2D eigenvalue weighted by Crippen LogP contribution is -2.62. The molecule has 3 heteroatoms. The maximum atomic E-state index is 12.6. The Kier molecular flexibility index (Phi) is 3.23. The summed E-state index contributed by atoms with van der Waals surface area (Å²) in [6.45, 7) is 6.69. The number of allylic oxidation sites excluding steroid dienone is 1. The van der Waals surface area contributed by atoms with E-state index in [-0.39, 0.29) is 28.6 Å². The molecule has 3 fully saturated rings. The first-order chi connectivity index (χ1) is 10.7. The van der Waals surface area contributed by atoms with Crippen LogP contribution >= 0.6 is 0 Å². The second-order valence-corrected chi connectivity index (χ2v) is 9.61. The maximum Gasteiger partial charge on any atom is 0.162 e. The first kappa shape index (κ1) is 15.8. The van der Waals surface area contributed by atoms with Crippen LogP contribution in [0.1, 0.15) is 59.3 Å². The predicted octanol–water partition coefficient (Wildman–Crippen LogP) is 3.10. The van der Waals surface area contributed by atoms with Crippen molar-refractivity contribution >= 4 is 5.78 Å². The van der Waals surface area contributed by atoms with E-state index in [1.165, 1.54) is 12.0 Å². The molecule has 23 heavy (non-hydrogen) atoms. The van der Waals surface area contributed by atoms with E-state index in [0.717, 1.165) is 25.7 Å². The van der Waals surface area contributed by atoms with Crippen LogP contribution in [0.2, 0.25) is 0 Å². The van der Waals surface area contributed by atoms with Crippen LogP contribution in [0.3, 0.4) is 0 Å². The quantitative estimate of drug-likeness (QED) is 0.731. The van der Waals surface area contributed by atoms with Gasteiger partial charge in [0.2, 0.25) is 0 Å². The zero-order valence-electron chi connectivity index (χ0n) is 14.6. The van der Waals surface area contributed by atoms with Crippen LogP contribution in [0.25, 0.3) is 0 Å². The summed E-state index contributed by atoms with van der Waals surface area (Å²) >= 11 is 0. The van der Waals surface area contributed by atoms with E-state index in [9.17, 15) is 15.0 Å². The van der Waals surface area contributed by atoms with Gasteiger partial charge in [-0.2, -0.15) is 0 Å². The number of Topliss-reactive ketones (excluding diaryl/α,β-unsaturated/α-hetero) is 1. The molecule has 1 spiro atoms. The number of hydrogen-bond donors (Lipinski definition) is 2. The van der Waals surface area contributed by atoms with Crippen LogP contribution in [0.5, 0.6) is 0 Å². The SMILES string of the molecule is CC1(C)C(O)C(=O)CC2(C)C3CCC4CC3(C=C4CO)CCC12. The zero-order valence-corrected chi connectivity index (χ0v) is 14.6. The fourth-order valence-electron chi connectivity index (χ4n) is 7.36. The first-order valence-corrected chi connectivity index (χ1v) is 9.28. The van der Waals surface area contributed by atoms with Crippen molar-refractivity contribution in [1.29, 1.82) is 0 Å². The van der Waals surface area contributed by atoms with E-state index in [1.54, 1.807) is 0 Å². The molecule has 0 aliphatic heterocycles. The second-order valence-electron chi connectivity index (χ2n) is 9.61. The summed E-state index contributed by atoms with van der Waals surface area (Å²) in [6.07, 6.45) is 7.86. The number of carbonyl (C=O) groups excluding carboxylic acids is 1. The fourth-order valence-corrected chi connectivity index (χ4v) is 7.36. The molecule has 0 amide bonds. The Hall–Kier alpha value is -0.670. The predicted molar refractivity (Wildman–Crippen MR) is 88.7 cm³/mol. The highest BCUT2D eigenvalue weighted by Crippen LogP contribution is 2.70. The van der Waals surface area contributed by atoms with Gasteiger partial charge in [-0.05, 0) is 66.3 Å². The molecule has 4 rings (SSSR count). The Morgan fingerprint density at radius 1 is 1.17 bits per heavy atom. The molecule has 2 N–H and O–H groups in total. The normalized spacial score (nSPS) is 51.0. The highest BCUT2D eigenvalue weighted by molar-refractivity contribution is 5.85. The van der Waals surface area contributed by atoms with E-state index in [0.29, 0.717) is 24.2 Å². The van der Waals surface area contributed by atoms with Gasteiger partial charge < -0.3 is 10.2 Å². The van der Waals surface area contributed by atoms with Gasteiger partial charge in [-0.15, -0.1) is 0 Å². The van der Waals surface area contributed by atoms with Crippen LogP contribution in [0.4, 0.5) is 0 Å². The largest absolute Gasteiger partial charge is 0.392 e. The van der Waals surface area contributed by atoms with Gasteiger partial charge in [0.05, 0.1) is 6.61 Å². The Balaban J connectivity index is 1.77. The number of fused-ring (bicyclic) bond motifs is 3. The maximum absolute atomic E-state index is 12.6. The highest BCUT2D eigenvalue weighted by Gasteiger charge is 2.65. The summed E-state index contributed by atoms with van der Waals surface area (Å²) in [5.74, 6) is 1.53. The van der Waals surface area contributed by atoms with Crippen LogP contribution in [-0.4, -0.2) is 28.7 Å². The zero-order chi connectivity index (χ0) is 16.6. The summed E-state index contributed by atoms with van der Waals surface area (Å²) in [7, 11) is 0. The molecule has 0 aromatic heterocycles. The number of aliphatic hydroxyl groups excluding tert-OH is 2. The Labute approximate surface area is 139 Å². The number of hydrogen-bond acceptors (Lipinski definition) is 3. The molecule has 0 radical (unpaired) electrons. The minimum Gasteiger partial charge on any atom is -0.392 e. The van der Waals surface area contributed by atoms with Crippen molar-refractivity contribution in [2.45, 2.75) is 65.4 Å². The van der Waals surface area contributed by atoms with Gasteiger partial charge in [-0.1, -0.05) is 26.8 Å². The molecule has 4 aliphatic rings. The smallest absolute Gasteiger partial charge is 0.162 e. The summed E-state index contributed by atoms with van der Waals surface area (Å²) in [6, 6.07) is 0. The Bertz CT molecular complexity index is 577. The lowest BCUT2D eigenvalue weighted by Gasteiger charge is -2.64. The molecule has 3 nitrogen and oxygen atoms in total. The van der Waals surface area contributed by atoms with Crippen molar-refractivity contribution in [1.82, 2.24) is 0 Å². The summed E-state index contributed by atoms with van der Waals surface area (Å²) in [5, 5.41) is 20.2. The highest BCUT2D eigenvalue weighted by atomic mass is 16.3. The lowest BCUT2D eigenvalue weighted by atomic mass is 9.40. The molecule has 6 unspecified atom stereocenters. The minimum absolute atomic E-state index is 0.00949. The third-order valence-corrected chi connectivity index (χ3v) is 8.26. The van der Waals surface area contributed by atoms with Gasteiger partial charge in [-0.3, -0.25) is 4.79 Å². The summed E-state index contributed by atoms with van der Waals surface area (Å²) in [5.41, 5.74) is 1.11. The standard InChI is InChI=1S/C20H30O3/c1-18(2)15-6-7-20-8-12(13(9-20)11-21)4-5-16(20)19(15,3)10-14(22)17(18)23/h9,12,15-17,21,23H,4-8,10-11H2,1-3H3. The molecule has 0 saturated heterocycles. The summed E-state index contributed by atoms with van der Waals surface area (Å²) in [4.78, 5) is 12.6. The number of carbonyl (C=O) groups is 1. The molecular formula is C20H30O3. The Morgan fingerprint density at radius 2 is 1.91 bits per heavy atom. The van der Waals surface area contributed by atoms with Crippen LogP contribution in [0, 0.1) is 34.0 Å². The average molecular weight is 318 g/mol. The van der Waals surface area contributed by atoms with Crippen molar-refractivity contribution in [2.75, 3.05) is 6.61 Å².